The van der Waals surface area contributed by atoms with Crippen molar-refractivity contribution in [2.75, 3.05) is 18.0 Å². The average molecular weight is 450 g/mol. The van der Waals surface area contributed by atoms with E-state index in [-0.39, 0.29) is 16.3 Å². The highest BCUT2D eigenvalue weighted by Gasteiger charge is 2.31. The number of anilines is 1. The summed E-state index contributed by atoms with van der Waals surface area (Å²) in [6.45, 7) is -0.579. The molecular formula is C21H17ClFNO5S. The van der Waals surface area contributed by atoms with Crippen LogP contribution in [0.15, 0.2) is 77.7 Å². The number of amides is 1. The number of hydrogen-bond acceptors (Lipinski definition) is 5. The Hall–Kier alpha value is -3.10. The average Bonchev–Trinajstić information content (AvgIpc) is 2.74. The molecule has 3 aromatic rings. The molecule has 0 aliphatic carbocycles. The summed E-state index contributed by atoms with van der Waals surface area (Å²) < 4.78 is 50.6. The molecule has 0 heterocycles. The lowest BCUT2D eigenvalue weighted by Crippen LogP contribution is -2.40. The smallest absolute Gasteiger partial charge is 0.278 e. The van der Waals surface area contributed by atoms with Crippen LogP contribution in [0.2, 0.25) is 5.02 Å². The monoisotopic (exact) mass is 449 g/mol. The highest BCUT2D eigenvalue weighted by molar-refractivity contribution is 7.93. The van der Waals surface area contributed by atoms with E-state index in [1.807, 2.05) is 0 Å². The maximum Gasteiger partial charge on any atom is 0.278 e. The minimum atomic E-state index is -4.26. The molecule has 3 aromatic carbocycles. The summed E-state index contributed by atoms with van der Waals surface area (Å²) >= 11 is 5.85. The van der Waals surface area contributed by atoms with Crippen molar-refractivity contribution >= 4 is 33.2 Å². The van der Waals surface area contributed by atoms with E-state index >= 15 is 0 Å². The van der Waals surface area contributed by atoms with Crippen molar-refractivity contribution < 1.29 is 27.1 Å². The fraction of sp³-hybridized carbons (Fsp3) is 0.0952. The predicted octanol–water partition coefficient (Wildman–Crippen LogP) is 4.29. The lowest BCUT2D eigenvalue weighted by atomic mass is 10.3. The van der Waals surface area contributed by atoms with Crippen LogP contribution in [0.25, 0.3) is 0 Å². The van der Waals surface area contributed by atoms with Crippen LogP contribution in [-0.2, 0) is 14.8 Å². The molecule has 0 saturated heterocycles. The second kappa shape index (κ2) is 9.15. The third kappa shape index (κ3) is 4.90. The maximum absolute atomic E-state index is 13.2. The van der Waals surface area contributed by atoms with Crippen LogP contribution < -0.4 is 13.8 Å². The van der Waals surface area contributed by atoms with Gasteiger partial charge in [-0.3, -0.25) is 4.79 Å². The van der Waals surface area contributed by atoms with Crippen molar-refractivity contribution in [2.45, 2.75) is 4.90 Å². The van der Waals surface area contributed by atoms with Crippen LogP contribution in [0.1, 0.15) is 0 Å². The highest BCUT2D eigenvalue weighted by atomic mass is 35.5. The van der Waals surface area contributed by atoms with E-state index in [0.29, 0.717) is 15.1 Å². The molecule has 0 aliphatic rings. The molecule has 0 saturated carbocycles. The summed E-state index contributed by atoms with van der Waals surface area (Å²) in [4.78, 5) is 12.8. The molecule has 0 aliphatic heterocycles. The number of halogens is 2. The van der Waals surface area contributed by atoms with E-state index in [1.54, 1.807) is 0 Å². The van der Waals surface area contributed by atoms with Crippen molar-refractivity contribution in [3.8, 4) is 11.5 Å². The first-order chi connectivity index (χ1) is 14.3. The van der Waals surface area contributed by atoms with Crippen molar-refractivity contribution in [3.63, 3.8) is 0 Å². The third-order valence-electron chi connectivity index (χ3n) is 4.06. The molecular weight excluding hydrogens is 433 g/mol. The summed E-state index contributed by atoms with van der Waals surface area (Å²) in [5.74, 6) is -0.570. The Bertz CT molecular complexity index is 1120. The molecule has 6 nitrogen and oxygen atoms in total. The van der Waals surface area contributed by atoms with Crippen molar-refractivity contribution in [1.82, 2.24) is 0 Å². The van der Waals surface area contributed by atoms with Gasteiger partial charge in [-0.05, 0) is 72.8 Å². The first kappa shape index (κ1) is 21.6. The van der Waals surface area contributed by atoms with Crippen LogP contribution in [0.5, 0.6) is 11.5 Å². The van der Waals surface area contributed by atoms with Gasteiger partial charge < -0.3 is 9.47 Å². The maximum atomic E-state index is 13.2. The van der Waals surface area contributed by atoms with Gasteiger partial charge in [0, 0.05) is 5.02 Å². The van der Waals surface area contributed by atoms with E-state index in [0.717, 1.165) is 0 Å². The Labute approximate surface area is 178 Å². The first-order valence-corrected chi connectivity index (χ1v) is 10.5. The predicted molar refractivity (Wildman–Crippen MR) is 111 cm³/mol. The van der Waals surface area contributed by atoms with E-state index in [1.165, 1.54) is 79.9 Å². The van der Waals surface area contributed by atoms with Crippen LogP contribution in [0.4, 0.5) is 10.1 Å². The second-order valence-electron chi connectivity index (χ2n) is 6.06. The third-order valence-corrected chi connectivity index (χ3v) is 6.08. The SMILES string of the molecule is COc1ccc(N(C(=O)COc2ccc(F)cc2)S(=O)(=O)c2ccc(Cl)cc2)cc1. The summed E-state index contributed by atoms with van der Waals surface area (Å²) in [5.41, 5.74) is 0.110. The molecule has 0 aromatic heterocycles. The van der Waals surface area contributed by atoms with Gasteiger partial charge in [0.2, 0.25) is 0 Å². The molecule has 156 valence electrons. The molecule has 1 amide bonds. The van der Waals surface area contributed by atoms with Gasteiger partial charge in [0.15, 0.2) is 6.61 Å². The quantitative estimate of drug-likeness (QED) is 0.538. The Morgan fingerprint density at radius 1 is 0.933 bits per heavy atom. The molecule has 0 spiro atoms. The number of methoxy groups -OCH3 is 1. The number of nitrogens with zero attached hydrogens (tertiary/aromatic N) is 1. The molecule has 0 atom stereocenters. The molecule has 0 fully saturated rings. The minimum Gasteiger partial charge on any atom is -0.497 e. The first-order valence-electron chi connectivity index (χ1n) is 8.67. The van der Waals surface area contributed by atoms with Gasteiger partial charge in [-0.25, -0.2) is 12.8 Å². The van der Waals surface area contributed by atoms with Crippen molar-refractivity contribution in [3.05, 3.63) is 83.6 Å². The number of rotatable bonds is 7. The van der Waals surface area contributed by atoms with Gasteiger partial charge in [0.25, 0.3) is 15.9 Å². The molecule has 30 heavy (non-hydrogen) atoms. The minimum absolute atomic E-state index is 0.110. The van der Waals surface area contributed by atoms with E-state index in [4.69, 9.17) is 21.1 Å². The topological polar surface area (TPSA) is 72.9 Å². The molecule has 0 unspecified atom stereocenters. The zero-order valence-corrected chi connectivity index (χ0v) is 17.4. The Kier molecular flexibility index (Phi) is 6.59. The van der Waals surface area contributed by atoms with Gasteiger partial charge in [-0.1, -0.05) is 11.6 Å². The number of carbonyl (C=O) groups excluding carboxylic acids is 1. The summed E-state index contributed by atoms with van der Waals surface area (Å²) in [7, 11) is -2.79. The van der Waals surface area contributed by atoms with Gasteiger partial charge in [0.05, 0.1) is 17.7 Å². The standard InChI is InChI=1S/C21H17ClFNO5S/c1-28-18-10-6-17(7-11-18)24(30(26,27)20-12-2-15(22)3-13-20)21(25)14-29-19-8-4-16(23)5-9-19/h2-13H,14H2,1H3. The molecule has 3 rings (SSSR count). The van der Waals surface area contributed by atoms with Crippen LogP contribution in [0, 0.1) is 5.82 Å². The lowest BCUT2D eigenvalue weighted by Gasteiger charge is -2.23. The van der Waals surface area contributed by atoms with Crippen LogP contribution >= 0.6 is 11.6 Å². The zero-order valence-electron chi connectivity index (χ0n) is 15.8. The summed E-state index contributed by atoms with van der Waals surface area (Å²) in [6.07, 6.45) is 0. The van der Waals surface area contributed by atoms with Gasteiger partial charge >= 0.3 is 0 Å². The van der Waals surface area contributed by atoms with E-state index < -0.39 is 28.4 Å². The Morgan fingerprint density at radius 2 is 1.50 bits per heavy atom. The number of hydrogen-bond donors (Lipinski definition) is 0. The lowest BCUT2D eigenvalue weighted by molar-refractivity contribution is -0.119. The largest absolute Gasteiger partial charge is 0.497 e. The van der Waals surface area contributed by atoms with Gasteiger partial charge in [-0.2, -0.15) is 4.31 Å². The normalized spacial score (nSPS) is 11.0. The number of carbonyl (C=O) groups is 1. The van der Waals surface area contributed by atoms with E-state index in [9.17, 15) is 17.6 Å². The Balaban J connectivity index is 1.94. The summed E-state index contributed by atoms with van der Waals surface area (Å²) in [5, 5.41) is 0.357. The molecule has 9 heteroatoms. The summed E-state index contributed by atoms with van der Waals surface area (Å²) in [6, 6.07) is 16.4. The molecule has 0 N–H and O–H groups in total. The fourth-order valence-corrected chi connectivity index (χ4v) is 4.12. The van der Waals surface area contributed by atoms with Crippen molar-refractivity contribution in [2.24, 2.45) is 0 Å². The second-order valence-corrected chi connectivity index (χ2v) is 8.28. The Morgan fingerprint density at radius 3 is 2.07 bits per heavy atom. The van der Waals surface area contributed by atoms with Crippen LogP contribution in [0.3, 0.4) is 0 Å². The van der Waals surface area contributed by atoms with Gasteiger partial charge in [0.1, 0.15) is 17.3 Å². The zero-order chi connectivity index (χ0) is 21.7. The number of sulfonamides is 1. The van der Waals surface area contributed by atoms with Gasteiger partial charge in [-0.15, -0.1) is 0 Å². The molecule has 0 bridgehead atoms. The fourth-order valence-electron chi connectivity index (χ4n) is 2.58. The highest BCUT2D eigenvalue weighted by Crippen LogP contribution is 2.27. The number of ether oxygens (including phenoxy) is 2. The van der Waals surface area contributed by atoms with E-state index in [2.05, 4.69) is 0 Å². The van der Waals surface area contributed by atoms with Crippen molar-refractivity contribution in [1.29, 1.82) is 0 Å². The van der Waals surface area contributed by atoms with Crippen LogP contribution in [-0.4, -0.2) is 28.0 Å². The molecule has 0 radical (unpaired) electrons. The number of benzene rings is 3.